The second-order valence-corrected chi connectivity index (χ2v) is 5.88. The van der Waals surface area contributed by atoms with E-state index < -0.39 is 0 Å². The number of nitrogens with one attached hydrogen (secondary N) is 1. The summed E-state index contributed by atoms with van der Waals surface area (Å²) in [5.41, 5.74) is 2.10. The molecule has 0 saturated heterocycles. The van der Waals surface area contributed by atoms with Crippen molar-refractivity contribution in [2.75, 3.05) is 0 Å². The van der Waals surface area contributed by atoms with Crippen LogP contribution in [0.25, 0.3) is 0 Å². The zero-order valence-corrected chi connectivity index (χ0v) is 10.6. The second kappa shape index (κ2) is 4.81. The van der Waals surface area contributed by atoms with Gasteiger partial charge < -0.3 is 5.32 Å². The van der Waals surface area contributed by atoms with E-state index >= 15 is 0 Å². The molecule has 17 heavy (non-hydrogen) atoms. The van der Waals surface area contributed by atoms with Crippen molar-refractivity contribution in [2.24, 2.45) is 5.41 Å². The number of benzene rings is 1. The zero-order chi connectivity index (χ0) is 11.6. The lowest BCUT2D eigenvalue weighted by atomic mass is 9.81. The molecule has 1 atom stereocenters. The number of hydrogen-bond donors (Lipinski definition) is 1. The molecule has 0 aromatic heterocycles. The molecule has 0 heterocycles. The van der Waals surface area contributed by atoms with Crippen LogP contribution in [0.15, 0.2) is 30.3 Å². The van der Waals surface area contributed by atoms with Crippen molar-refractivity contribution in [1.29, 1.82) is 0 Å². The summed E-state index contributed by atoms with van der Waals surface area (Å²) in [6.07, 6.45) is 10.2. The van der Waals surface area contributed by atoms with Crippen LogP contribution in [0.2, 0.25) is 0 Å². The molecule has 1 heteroatoms. The Morgan fingerprint density at radius 1 is 1.00 bits per heavy atom. The molecule has 2 fully saturated rings. The average Bonchev–Trinajstić information content (AvgIpc) is 3.00. The van der Waals surface area contributed by atoms with Gasteiger partial charge in [-0.05, 0) is 36.7 Å². The maximum Gasteiger partial charge on any atom is 0.0208 e. The Morgan fingerprint density at radius 3 is 2.47 bits per heavy atom. The van der Waals surface area contributed by atoms with Crippen molar-refractivity contribution in [2.45, 2.75) is 57.5 Å². The lowest BCUT2D eigenvalue weighted by molar-refractivity contribution is 0.231. The Hall–Kier alpha value is -0.820. The highest BCUT2D eigenvalue weighted by Crippen LogP contribution is 2.50. The van der Waals surface area contributed by atoms with E-state index in [-0.39, 0.29) is 0 Å². The van der Waals surface area contributed by atoms with Gasteiger partial charge in [-0.3, -0.25) is 0 Å². The Kier molecular flexibility index (Phi) is 3.19. The van der Waals surface area contributed by atoms with Crippen molar-refractivity contribution in [1.82, 2.24) is 5.32 Å². The van der Waals surface area contributed by atoms with Crippen LogP contribution >= 0.6 is 0 Å². The number of hydrogen-bond acceptors (Lipinski definition) is 1. The van der Waals surface area contributed by atoms with Gasteiger partial charge in [0.05, 0.1) is 0 Å². The van der Waals surface area contributed by atoms with Crippen LogP contribution in [0.1, 0.15) is 50.5 Å². The van der Waals surface area contributed by atoms with Crippen molar-refractivity contribution < 1.29 is 0 Å². The first-order chi connectivity index (χ1) is 8.39. The second-order valence-electron chi connectivity index (χ2n) is 5.88. The van der Waals surface area contributed by atoms with E-state index in [0.717, 1.165) is 12.6 Å². The van der Waals surface area contributed by atoms with E-state index in [4.69, 9.17) is 0 Å². The molecule has 2 aliphatic carbocycles. The molecule has 1 N–H and O–H groups in total. The van der Waals surface area contributed by atoms with Crippen LogP contribution in [0, 0.1) is 5.41 Å². The molecule has 1 spiro atoms. The molecular formula is C16H23N. The highest BCUT2D eigenvalue weighted by Gasteiger charge is 2.43. The summed E-state index contributed by atoms with van der Waals surface area (Å²) in [5, 5.41) is 3.83. The third-order valence-electron chi connectivity index (χ3n) is 4.90. The van der Waals surface area contributed by atoms with Crippen molar-refractivity contribution in [3.8, 4) is 0 Å². The van der Waals surface area contributed by atoms with Gasteiger partial charge in [0.2, 0.25) is 0 Å². The summed E-state index contributed by atoms with van der Waals surface area (Å²) in [5.74, 6) is 0. The van der Waals surface area contributed by atoms with E-state index in [1.54, 1.807) is 0 Å². The minimum atomic E-state index is 0.675. The highest BCUT2D eigenvalue weighted by atomic mass is 14.9. The lowest BCUT2D eigenvalue weighted by Crippen LogP contribution is -2.39. The predicted molar refractivity (Wildman–Crippen MR) is 71.8 cm³/mol. The van der Waals surface area contributed by atoms with Crippen molar-refractivity contribution >= 4 is 0 Å². The first-order valence-electron chi connectivity index (χ1n) is 7.16. The first-order valence-corrected chi connectivity index (χ1v) is 7.16. The smallest absolute Gasteiger partial charge is 0.0208 e. The normalized spacial score (nSPS) is 26.7. The molecule has 1 aromatic carbocycles. The summed E-state index contributed by atoms with van der Waals surface area (Å²) in [7, 11) is 0. The van der Waals surface area contributed by atoms with Gasteiger partial charge in [0.25, 0.3) is 0 Å². The van der Waals surface area contributed by atoms with Gasteiger partial charge in [0, 0.05) is 12.6 Å². The third kappa shape index (κ3) is 2.26. The van der Waals surface area contributed by atoms with E-state index in [1.165, 1.54) is 50.5 Å². The standard InChI is InChI=1S/C16H23N/c1-2-7-14(8-3-1)13-17-15-9-6-12-16(15)10-4-5-11-16/h1-3,7-8,15,17H,4-6,9-13H2. The molecular weight excluding hydrogens is 206 g/mol. The Labute approximate surface area is 105 Å². The quantitative estimate of drug-likeness (QED) is 0.829. The summed E-state index contributed by atoms with van der Waals surface area (Å²) in [6.45, 7) is 1.05. The predicted octanol–water partition coefficient (Wildman–Crippen LogP) is 3.89. The third-order valence-corrected chi connectivity index (χ3v) is 4.90. The number of rotatable bonds is 3. The minimum Gasteiger partial charge on any atom is -0.309 e. The summed E-state index contributed by atoms with van der Waals surface area (Å²) >= 11 is 0. The topological polar surface area (TPSA) is 12.0 Å². The van der Waals surface area contributed by atoms with E-state index in [0.29, 0.717) is 5.41 Å². The van der Waals surface area contributed by atoms with Gasteiger partial charge in [-0.15, -0.1) is 0 Å². The molecule has 1 nitrogen and oxygen atoms in total. The zero-order valence-electron chi connectivity index (χ0n) is 10.6. The molecule has 1 unspecified atom stereocenters. The lowest BCUT2D eigenvalue weighted by Gasteiger charge is -2.32. The molecule has 3 rings (SSSR count). The Bertz CT molecular complexity index is 346. The fraction of sp³-hybridized carbons (Fsp3) is 0.625. The van der Waals surface area contributed by atoms with Crippen molar-refractivity contribution in [3.05, 3.63) is 35.9 Å². The summed E-state index contributed by atoms with van der Waals surface area (Å²) in [6, 6.07) is 11.6. The molecule has 1 aromatic rings. The van der Waals surface area contributed by atoms with Crippen LogP contribution in [0.5, 0.6) is 0 Å². The van der Waals surface area contributed by atoms with Crippen molar-refractivity contribution in [3.63, 3.8) is 0 Å². The summed E-state index contributed by atoms with van der Waals surface area (Å²) in [4.78, 5) is 0. The fourth-order valence-corrected chi connectivity index (χ4v) is 3.97. The average molecular weight is 229 g/mol. The molecule has 0 radical (unpaired) electrons. The largest absolute Gasteiger partial charge is 0.309 e. The van der Waals surface area contributed by atoms with Crippen LogP contribution in [-0.2, 0) is 6.54 Å². The first kappa shape index (κ1) is 11.3. The Balaban J connectivity index is 1.61. The van der Waals surface area contributed by atoms with Crippen LogP contribution in [-0.4, -0.2) is 6.04 Å². The highest BCUT2D eigenvalue weighted by molar-refractivity contribution is 5.14. The molecule has 0 amide bonds. The molecule has 92 valence electrons. The van der Waals surface area contributed by atoms with E-state index in [2.05, 4.69) is 35.6 Å². The maximum absolute atomic E-state index is 3.83. The molecule has 2 saturated carbocycles. The summed E-state index contributed by atoms with van der Waals surface area (Å²) < 4.78 is 0. The van der Waals surface area contributed by atoms with Gasteiger partial charge in [0.15, 0.2) is 0 Å². The Morgan fingerprint density at radius 2 is 1.71 bits per heavy atom. The van der Waals surface area contributed by atoms with Gasteiger partial charge in [-0.25, -0.2) is 0 Å². The molecule has 0 bridgehead atoms. The fourth-order valence-electron chi connectivity index (χ4n) is 3.97. The van der Waals surface area contributed by atoms with E-state index in [9.17, 15) is 0 Å². The molecule has 2 aliphatic rings. The maximum atomic E-state index is 3.83. The van der Waals surface area contributed by atoms with Crippen LogP contribution in [0.4, 0.5) is 0 Å². The SMILES string of the molecule is c1ccc(CNC2CCCC23CCCC3)cc1. The van der Waals surface area contributed by atoms with Gasteiger partial charge in [-0.2, -0.15) is 0 Å². The van der Waals surface area contributed by atoms with Gasteiger partial charge in [0.1, 0.15) is 0 Å². The minimum absolute atomic E-state index is 0.675. The van der Waals surface area contributed by atoms with Crippen LogP contribution < -0.4 is 5.32 Å². The van der Waals surface area contributed by atoms with E-state index in [1.807, 2.05) is 0 Å². The van der Waals surface area contributed by atoms with Gasteiger partial charge in [-0.1, -0.05) is 49.6 Å². The molecule has 0 aliphatic heterocycles. The van der Waals surface area contributed by atoms with Crippen LogP contribution in [0.3, 0.4) is 0 Å². The van der Waals surface area contributed by atoms with Gasteiger partial charge >= 0.3 is 0 Å². The monoisotopic (exact) mass is 229 g/mol.